The number of hydrogen-bond donors (Lipinski definition) is 1. The summed E-state index contributed by atoms with van der Waals surface area (Å²) < 4.78 is 134. The molecule has 4 aromatic heterocycles. The Morgan fingerprint density at radius 1 is 0.919 bits per heavy atom. The number of nitrogens with two attached hydrogens (primary N) is 1. The van der Waals surface area contributed by atoms with Gasteiger partial charge in [0.2, 0.25) is 5.95 Å². The molecule has 5 aromatic rings. The number of nitrogens with zero attached hydrogens (tertiary/aromatic N) is 9. The number of anilines is 2. The molecule has 6 rings (SSSR count). The van der Waals surface area contributed by atoms with Crippen LogP contribution in [0.5, 0.6) is 0 Å². The van der Waals surface area contributed by atoms with Gasteiger partial charge in [-0.1, -0.05) is 12.1 Å². The Hall–Kier alpha value is -4.38. The molecule has 10 nitrogen and oxygen atoms in total. The van der Waals surface area contributed by atoms with Crippen molar-refractivity contribution >= 4 is 17.3 Å². The van der Waals surface area contributed by atoms with E-state index in [2.05, 4.69) is 25.1 Å². The highest BCUT2D eigenvalue weighted by atomic mass is 19.1. The van der Waals surface area contributed by atoms with Crippen molar-refractivity contribution in [3.8, 4) is 11.1 Å². The molecular weight excluding hydrogens is 471 g/mol. The fourth-order valence-corrected chi connectivity index (χ4v) is 3.70. The van der Waals surface area contributed by atoms with Gasteiger partial charge in [-0.3, -0.25) is 4.68 Å². The van der Waals surface area contributed by atoms with E-state index in [0.29, 0.717) is 11.1 Å². The lowest BCUT2D eigenvalue weighted by Crippen LogP contribution is -2.47. The largest absolute Gasteiger partial charge is 0.351 e. The highest BCUT2D eigenvalue weighted by Crippen LogP contribution is 2.29. The number of benzene rings is 1. The van der Waals surface area contributed by atoms with Crippen LogP contribution in [0.3, 0.4) is 0 Å². The Kier molecular flexibility index (Phi) is 2.95. The van der Waals surface area contributed by atoms with Crippen LogP contribution in [-0.4, -0.2) is 60.3 Å². The van der Waals surface area contributed by atoms with Gasteiger partial charge in [0.1, 0.15) is 17.7 Å². The first-order chi connectivity index (χ1) is 23.4. The van der Waals surface area contributed by atoms with E-state index >= 15 is 0 Å². The van der Waals surface area contributed by atoms with Gasteiger partial charge in [-0.15, -0.1) is 0 Å². The number of piperazine rings is 1. The molecule has 5 heterocycles. The molecule has 1 aromatic carbocycles. The number of rotatable bonds is 5. The highest BCUT2D eigenvalue weighted by molar-refractivity contribution is 5.77. The molecule has 0 radical (unpaired) electrons. The summed E-state index contributed by atoms with van der Waals surface area (Å²) in [6.45, 7) is -19.4. The third-order valence-electron chi connectivity index (χ3n) is 5.65. The van der Waals surface area contributed by atoms with Gasteiger partial charge in [0.25, 0.3) is 0 Å². The molecule has 1 aliphatic rings. The zero-order valence-corrected chi connectivity index (χ0v) is 18.8. The summed E-state index contributed by atoms with van der Waals surface area (Å²) in [5.41, 5.74) is 4.25. The summed E-state index contributed by atoms with van der Waals surface area (Å²) >= 11 is 0. The van der Waals surface area contributed by atoms with Crippen molar-refractivity contribution in [2.24, 2.45) is 12.7 Å². The van der Waals surface area contributed by atoms with Crippen molar-refractivity contribution < 1.29 is 23.6 Å². The molecule has 1 atom stereocenters. The van der Waals surface area contributed by atoms with Crippen LogP contribution in [0, 0.1) is 5.82 Å². The molecule has 11 heteroatoms. The first-order valence-electron chi connectivity index (χ1n) is 17.7. The molecule has 1 aliphatic heterocycles. The molecule has 0 saturated carbocycles. The highest BCUT2D eigenvalue weighted by Gasteiger charge is 2.26. The van der Waals surface area contributed by atoms with Crippen molar-refractivity contribution in [1.29, 1.82) is 0 Å². The van der Waals surface area contributed by atoms with Gasteiger partial charge in [-0.25, -0.2) is 23.9 Å². The van der Waals surface area contributed by atoms with E-state index in [1.54, 1.807) is 0 Å². The Bertz CT molecular complexity index is 2070. The summed E-state index contributed by atoms with van der Waals surface area (Å²) in [5, 5.41) is 7.88. The fraction of sp³-hybridized carbons (Fsp3) is 0.269. The van der Waals surface area contributed by atoms with Crippen molar-refractivity contribution in [2.45, 2.75) is 12.4 Å². The maximum atomic E-state index is 13.6. The number of aromatic nitrogens is 7. The van der Waals surface area contributed by atoms with Gasteiger partial charge < -0.3 is 15.5 Å². The Morgan fingerprint density at radius 2 is 1.68 bits per heavy atom. The van der Waals surface area contributed by atoms with Gasteiger partial charge >= 0.3 is 0 Å². The molecule has 1 unspecified atom stereocenters. The average molecular weight is 513 g/mol. The van der Waals surface area contributed by atoms with Crippen LogP contribution in [0.4, 0.5) is 16.2 Å². The van der Waals surface area contributed by atoms with Gasteiger partial charge in [0.05, 0.1) is 22.7 Å². The van der Waals surface area contributed by atoms with Crippen LogP contribution >= 0.6 is 0 Å². The zero-order valence-electron chi connectivity index (χ0n) is 32.8. The van der Waals surface area contributed by atoms with Crippen LogP contribution in [0.1, 0.15) is 37.2 Å². The number of halogens is 1. The number of hydrogen-bond acceptors (Lipinski definition) is 8. The Labute approximate surface area is 232 Å². The third-order valence-corrected chi connectivity index (χ3v) is 5.65. The minimum Gasteiger partial charge on any atom is -0.351 e. The second kappa shape index (κ2) is 8.93. The minimum atomic E-state index is -3.47. The van der Waals surface area contributed by atoms with E-state index < -0.39 is 62.9 Å². The first-order valence-corrected chi connectivity index (χ1v) is 10.7. The molecular formula is C26H27FN10. The van der Waals surface area contributed by atoms with E-state index in [9.17, 15) is 4.39 Å². The van der Waals surface area contributed by atoms with Gasteiger partial charge in [-0.05, 0) is 30.6 Å². The van der Waals surface area contributed by atoms with E-state index in [1.807, 2.05) is 0 Å². The van der Waals surface area contributed by atoms with Crippen molar-refractivity contribution in [1.82, 2.24) is 34.3 Å². The zero-order chi connectivity index (χ0) is 37.7. The average Bonchev–Trinajstić information content (AvgIpc) is 3.68. The second-order valence-electron chi connectivity index (χ2n) is 8.02. The van der Waals surface area contributed by atoms with Crippen molar-refractivity contribution in [3.05, 3.63) is 84.6 Å². The standard InChI is InChI=1S/C26H27FN10/c1-26(28,20-3-5-22(27)6-4-20)21-13-29-25(30-14-21)36-9-7-35(8-10-36)24-23-11-18(16-37(23)33-17-31-24)19-12-32-34(2)15-19/h3-6,11-17H,7-10,28H2,1-2H3/i1D3,2D3,7D2,8D2,9D2,10D2. The number of aryl methyl sites for hydroxylation is 1. The monoisotopic (exact) mass is 512 g/mol. The Balaban J connectivity index is 1.44. The molecule has 1 fully saturated rings. The lowest BCUT2D eigenvalue weighted by molar-refractivity contribution is 0.585. The lowest BCUT2D eigenvalue weighted by atomic mass is 9.87. The van der Waals surface area contributed by atoms with E-state index in [-0.39, 0.29) is 26.4 Å². The first kappa shape index (κ1) is 12.2. The maximum absolute atomic E-state index is 13.6. The molecule has 0 aliphatic carbocycles. The predicted molar refractivity (Wildman–Crippen MR) is 139 cm³/mol. The molecule has 0 bridgehead atoms. The van der Waals surface area contributed by atoms with Crippen LogP contribution in [0.15, 0.2) is 67.6 Å². The summed E-state index contributed by atoms with van der Waals surface area (Å²) in [4.78, 5) is 12.2. The lowest BCUT2D eigenvalue weighted by Gasteiger charge is -2.35. The maximum Gasteiger partial charge on any atom is 0.225 e. The Morgan fingerprint density at radius 3 is 2.38 bits per heavy atom. The molecule has 37 heavy (non-hydrogen) atoms. The normalized spacial score (nSPS) is 27.5. The third kappa shape index (κ3) is 4.27. The number of fused-ring (bicyclic) bond motifs is 1. The van der Waals surface area contributed by atoms with Crippen molar-refractivity contribution in [3.63, 3.8) is 0 Å². The van der Waals surface area contributed by atoms with E-state index in [0.717, 1.165) is 52.2 Å². The summed E-state index contributed by atoms with van der Waals surface area (Å²) in [5.74, 6) is -2.06. The fourth-order valence-electron chi connectivity index (χ4n) is 3.70. The van der Waals surface area contributed by atoms with Crippen LogP contribution in [0.25, 0.3) is 16.6 Å². The molecule has 0 spiro atoms. The summed E-state index contributed by atoms with van der Waals surface area (Å²) in [7, 11) is 0. The smallest absolute Gasteiger partial charge is 0.225 e. The molecule has 188 valence electrons. The van der Waals surface area contributed by atoms with Crippen LogP contribution < -0.4 is 15.5 Å². The van der Waals surface area contributed by atoms with E-state index in [1.165, 1.54) is 24.7 Å². The summed E-state index contributed by atoms with van der Waals surface area (Å²) in [6.07, 6.45) is 6.53. The van der Waals surface area contributed by atoms with Gasteiger partial charge in [-0.2, -0.15) is 10.2 Å². The molecule has 0 amide bonds. The van der Waals surface area contributed by atoms with E-state index in [4.69, 9.17) is 24.9 Å². The quantitative estimate of drug-likeness (QED) is 0.383. The van der Waals surface area contributed by atoms with Gasteiger partial charge in [0.15, 0.2) is 5.82 Å². The SMILES string of the molecule is [2H]C([2H])([2H])n1cc(-c2cc3c(N4C([2H])([2H])C([2H])([2H])N(c5ncc(C(N)(c6ccc(F)cc6)C([2H])([2H])[2H])cn5)C([2H])([2H])C4([2H])[2H])ncnn3c2)cn1. The molecule has 2 N–H and O–H groups in total. The minimum absolute atomic E-state index is 0.0528. The molecule has 1 saturated heterocycles. The predicted octanol–water partition coefficient (Wildman–Crippen LogP) is 2.61. The van der Waals surface area contributed by atoms with Crippen LogP contribution in [-0.2, 0) is 12.5 Å². The summed E-state index contributed by atoms with van der Waals surface area (Å²) in [6, 6.07) is 5.65. The van der Waals surface area contributed by atoms with Crippen molar-refractivity contribution in [2.75, 3.05) is 35.8 Å². The second-order valence-corrected chi connectivity index (χ2v) is 8.02. The van der Waals surface area contributed by atoms with Crippen LogP contribution in [0.2, 0.25) is 0 Å². The van der Waals surface area contributed by atoms with Gasteiger partial charge in [0, 0.05) is 82.7 Å². The topological polar surface area (TPSA) is 106 Å².